The first-order chi connectivity index (χ1) is 9.29. The quantitative estimate of drug-likeness (QED) is 0.862. The van der Waals surface area contributed by atoms with Gasteiger partial charge in [0, 0.05) is 25.0 Å². The molecule has 0 spiro atoms. The lowest BCUT2D eigenvalue weighted by Gasteiger charge is -2.35. The molecule has 1 aromatic carbocycles. The molecule has 0 saturated carbocycles. The van der Waals surface area contributed by atoms with Gasteiger partial charge in [-0.2, -0.15) is 0 Å². The van der Waals surface area contributed by atoms with E-state index in [-0.39, 0.29) is 17.9 Å². The van der Waals surface area contributed by atoms with Crippen LogP contribution in [0.25, 0.3) is 0 Å². The Labute approximate surface area is 120 Å². The van der Waals surface area contributed by atoms with Gasteiger partial charge < -0.3 is 5.73 Å². The third kappa shape index (κ3) is 5.84. The minimum atomic E-state index is -0.805. The summed E-state index contributed by atoms with van der Waals surface area (Å²) in [5.74, 6) is -0.347. The smallest absolute Gasteiger partial charge is 0.318 e. The van der Waals surface area contributed by atoms with Crippen LogP contribution in [0.15, 0.2) is 30.3 Å². The standard InChI is InChI=1S/C15H23N3O2/c1-15(2,3)18(10-9-13(19)17-14(16)20)11-12-7-5-4-6-8-12/h4-8H,9-11H2,1-3H3,(H3,16,17,19,20). The van der Waals surface area contributed by atoms with Crippen molar-refractivity contribution in [3.05, 3.63) is 35.9 Å². The van der Waals surface area contributed by atoms with Crippen LogP contribution >= 0.6 is 0 Å². The molecule has 0 heterocycles. The van der Waals surface area contributed by atoms with Gasteiger partial charge in [0.25, 0.3) is 0 Å². The van der Waals surface area contributed by atoms with E-state index in [0.29, 0.717) is 6.54 Å². The zero-order valence-electron chi connectivity index (χ0n) is 12.3. The van der Waals surface area contributed by atoms with E-state index in [9.17, 15) is 9.59 Å². The summed E-state index contributed by atoms with van der Waals surface area (Å²) in [5, 5.41) is 2.09. The fourth-order valence-corrected chi connectivity index (χ4v) is 1.89. The first-order valence-corrected chi connectivity index (χ1v) is 6.67. The summed E-state index contributed by atoms with van der Waals surface area (Å²) in [5.41, 5.74) is 6.05. The van der Waals surface area contributed by atoms with Crippen molar-refractivity contribution in [2.75, 3.05) is 6.54 Å². The van der Waals surface area contributed by atoms with Crippen LogP contribution in [0.5, 0.6) is 0 Å². The van der Waals surface area contributed by atoms with E-state index in [2.05, 4.69) is 43.1 Å². The highest BCUT2D eigenvalue weighted by molar-refractivity contribution is 5.93. The third-order valence-electron chi connectivity index (χ3n) is 3.04. The van der Waals surface area contributed by atoms with Gasteiger partial charge >= 0.3 is 6.03 Å². The van der Waals surface area contributed by atoms with E-state index in [1.165, 1.54) is 5.56 Å². The molecule has 0 atom stereocenters. The number of carbonyl (C=O) groups excluding carboxylic acids is 2. The fourth-order valence-electron chi connectivity index (χ4n) is 1.89. The lowest BCUT2D eigenvalue weighted by atomic mass is 10.0. The average molecular weight is 277 g/mol. The van der Waals surface area contributed by atoms with Gasteiger partial charge in [0.05, 0.1) is 0 Å². The molecule has 110 valence electrons. The fraction of sp³-hybridized carbons (Fsp3) is 0.467. The Morgan fingerprint density at radius 1 is 1.20 bits per heavy atom. The SMILES string of the molecule is CC(C)(C)N(CCC(=O)NC(N)=O)Cc1ccccc1. The molecule has 20 heavy (non-hydrogen) atoms. The molecule has 0 aliphatic heterocycles. The predicted octanol–water partition coefficient (Wildman–Crippen LogP) is 1.87. The molecule has 0 aromatic heterocycles. The molecule has 0 radical (unpaired) electrons. The van der Waals surface area contributed by atoms with Crippen molar-refractivity contribution in [3.63, 3.8) is 0 Å². The van der Waals surface area contributed by atoms with Gasteiger partial charge in [-0.3, -0.25) is 15.0 Å². The summed E-state index contributed by atoms with van der Waals surface area (Å²) in [6.45, 7) is 7.62. The number of amides is 3. The molecule has 0 saturated heterocycles. The first kappa shape index (κ1) is 16.2. The largest absolute Gasteiger partial charge is 0.351 e. The Morgan fingerprint density at radius 2 is 1.80 bits per heavy atom. The summed E-state index contributed by atoms with van der Waals surface area (Å²) in [4.78, 5) is 24.3. The molecule has 5 nitrogen and oxygen atoms in total. The van der Waals surface area contributed by atoms with Crippen LogP contribution < -0.4 is 11.1 Å². The highest BCUT2D eigenvalue weighted by atomic mass is 16.2. The maximum absolute atomic E-state index is 11.5. The van der Waals surface area contributed by atoms with Crippen LogP contribution in [-0.2, 0) is 11.3 Å². The predicted molar refractivity (Wildman–Crippen MR) is 78.9 cm³/mol. The minimum Gasteiger partial charge on any atom is -0.351 e. The van der Waals surface area contributed by atoms with Gasteiger partial charge in [-0.25, -0.2) is 4.79 Å². The summed E-state index contributed by atoms with van der Waals surface area (Å²) in [7, 11) is 0. The normalized spacial score (nSPS) is 11.4. The zero-order valence-corrected chi connectivity index (χ0v) is 12.3. The Bertz CT molecular complexity index is 452. The van der Waals surface area contributed by atoms with E-state index in [1.807, 2.05) is 18.2 Å². The maximum atomic E-state index is 11.5. The number of primary amides is 1. The van der Waals surface area contributed by atoms with Crippen LogP contribution in [0.3, 0.4) is 0 Å². The van der Waals surface area contributed by atoms with Crippen molar-refractivity contribution < 1.29 is 9.59 Å². The van der Waals surface area contributed by atoms with Crippen LogP contribution in [0.1, 0.15) is 32.8 Å². The summed E-state index contributed by atoms with van der Waals surface area (Å²) in [6.07, 6.45) is 0.243. The van der Waals surface area contributed by atoms with E-state index in [4.69, 9.17) is 5.73 Å². The topological polar surface area (TPSA) is 75.4 Å². The Morgan fingerprint density at radius 3 is 2.30 bits per heavy atom. The maximum Gasteiger partial charge on any atom is 0.318 e. The number of rotatable bonds is 5. The van der Waals surface area contributed by atoms with Gasteiger partial charge in [0.15, 0.2) is 0 Å². The van der Waals surface area contributed by atoms with Crippen molar-refractivity contribution in [3.8, 4) is 0 Å². The monoisotopic (exact) mass is 277 g/mol. The average Bonchev–Trinajstić information content (AvgIpc) is 2.33. The van der Waals surface area contributed by atoms with Gasteiger partial charge in [-0.05, 0) is 26.3 Å². The first-order valence-electron chi connectivity index (χ1n) is 6.67. The van der Waals surface area contributed by atoms with Gasteiger partial charge in [-0.1, -0.05) is 30.3 Å². The zero-order chi connectivity index (χ0) is 15.2. The van der Waals surface area contributed by atoms with E-state index in [1.54, 1.807) is 0 Å². The second-order valence-electron chi connectivity index (χ2n) is 5.74. The minimum absolute atomic E-state index is 0.0666. The lowest BCUT2D eigenvalue weighted by Crippen LogP contribution is -2.43. The number of hydrogen-bond donors (Lipinski definition) is 2. The molecule has 5 heteroatoms. The number of nitrogens with one attached hydrogen (secondary N) is 1. The van der Waals surface area contributed by atoms with Crippen molar-refractivity contribution in [1.29, 1.82) is 0 Å². The number of benzene rings is 1. The molecular formula is C15H23N3O2. The van der Waals surface area contributed by atoms with Crippen molar-refractivity contribution in [2.24, 2.45) is 5.73 Å². The summed E-state index contributed by atoms with van der Waals surface area (Å²) < 4.78 is 0. The van der Waals surface area contributed by atoms with E-state index >= 15 is 0 Å². The van der Waals surface area contributed by atoms with E-state index < -0.39 is 6.03 Å². The van der Waals surface area contributed by atoms with Gasteiger partial charge in [0.1, 0.15) is 0 Å². The molecule has 0 aliphatic carbocycles. The Kier molecular flexibility index (Phi) is 5.70. The van der Waals surface area contributed by atoms with E-state index in [0.717, 1.165) is 6.54 Å². The Hall–Kier alpha value is -1.88. The number of imide groups is 1. The summed E-state index contributed by atoms with van der Waals surface area (Å²) >= 11 is 0. The van der Waals surface area contributed by atoms with Crippen LogP contribution in [0.4, 0.5) is 4.79 Å². The lowest BCUT2D eigenvalue weighted by molar-refractivity contribution is -0.120. The second kappa shape index (κ2) is 7.05. The number of carbonyl (C=O) groups is 2. The molecule has 1 aromatic rings. The molecule has 0 fully saturated rings. The molecular weight excluding hydrogens is 254 g/mol. The molecule has 3 N–H and O–H groups in total. The second-order valence-corrected chi connectivity index (χ2v) is 5.74. The number of nitrogens with two attached hydrogens (primary N) is 1. The highest BCUT2D eigenvalue weighted by Crippen LogP contribution is 2.17. The van der Waals surface area contributed by atoms with Gasteiger partial charge in [0.2, 0.25) is 5.91 Å². The van der Waals surface area contributed by atoms with Gasteiger partial charge in [-0.15, -0.1) is 0 Å². The molecule has 0 unspecified atom stereocenters. The number of nitrogens with zero attached hydrogens (tertiary/aromatic N) is 1. The van der Waals surface area contributed by atoms with Crippen molar-refractivity contribution in [2.45, 2.75) is 39.3 Å². The molecule has 0 aliphatic rings. The summed E-state index contributed by atoms with van der Waals surface area (Å²) in [6, 6.07) is 9.28. The third-order valence-corrected chi connectivity index (χ3v) is 3.04. The van der Waals surface area contributed by atoms with Crippen molar-refractivity contribution in [1.82, 2.24) is 10.2 Å². The molecule has 0 bridgehead atoms. The van der Waals surface area contributed by atoms with Crippen LogP contribution in [-0.4, -0.2) is 28.9 Å². The van der Waals surface area contributed by atoms with Crippen molar-refractivity contribution >= 4 is 11.9 Å². The number of urea groups is 1. The highest BCUT2D eigenvalue weighted by Gasteiger charge is 2.22. The molecule has 3 amide bonds. The number of hydrogen-bond acceptors (Lipinski definition) is 3. The van der Waals surface area contributed by atoms with Crippen LogP contribution in [0.2, 0.25) is 0 Å². The van der Waals surface area contributed by atoms with Crippen LogP contribution in [0, 0.1) is 0 Å². The Balaban J connectivity index is 2.62. The molecule has 1 rings (SSSR count).